The van der Waals surface area contributed by atoms with Crippen molar-refractivity contribution < 1.29 is 15.0 Å². The second-order valence-electron chi connectivity index (χ2n) is 9.72. The van der Waals surface area contributed by atoms with E-state index < -0.39 is 0 Å². The standard InChI is InChI=1S/C20H32O3/c1-11-9-19(2)12(8-15(11)21)4-5-13-14-6-7-17(23)20(14,3)10-16(22)18(13)19/h11-14,16-18,22-23H,4-10H2,1-3H3/t11-,12+,13+,14+,16+,17+,18-,19+,20+/m1/s1. The van der Waals surface area contributed by atoms with E-state index in [2.05, 4.69) is 20.8 Å². The molecule has 3 heteroatoms. The highest BCUT2D eigenvalue weighted by atomic mass is 16.3. The van der Waals surface area contributed by atoms with E-state index in [1.165, 1.54) is 0 Å². The van der Waals surface area contributed by atoms with Crippen molar-refractivity contribution in [2.75, 3.05) is 0 Å². The van der Waals surface area contributed by atoms with Gasteiger partial charge in [-0.3, -0.25) is 4.79 Å². The number of carbonyl (C=O) groups excluding carboxylic acids is 1. The number of Topliss-reactive ketones (excluding diaryl/α,β-unsaturated/α-hetero) is 1. The molecule has 2 N–H and O–H groups in total. The first-order chi connectivity index (χ1) is 10.8. The lowest BCUT2D eigenvalue weighted by Crippen LogP contribution is -2.60. The topological polar surface area (TPSA) is 57.5 Å². The van der Waals surface area contributed by atoms with E-state index in [4.69, 9.17) is 0 Å². The van der Waals surface area contributed by atoms with Crippen molar-refractivity contribution in [1.29, 1.82) is 0 Å². The largest absolute Gasteiger partial charge is 0.393 e. The van der Waals surface area contributed by atoms with Gasteiger partial charge in [0.15, 0.2) is 0 Å². The molecule has 3 nitrogen and oxygen atoms in total. The Balaban J connectivity index is 1.70. The van der Waals surface area contributed by atoms with Gasteiger partial charge in [0.1, 0.15) is 5.78 Å². The SMILES string of the molecule is C[C@@H]1C[C@@]2(C)[C@@H](CC[C@@H]3[C@@H]2[C@@H](O)C[C@]2(C)[C@@H](O)CC[C@@H]32)CC1=O. The minimum Gasteiger partial charge on any atom is -0.393 e. The predicted octanol–water partition coefficient (Wildman–Crippen LogP) is 3.18. The number of hydrogen-bond donors (Lipinski definition) is 2. The van der Waals surface area contributed by atoms with Crippen LogP contribution < -0.4 is 0 Å². The number of ketones is 1. The molecule has 4 fully saturated rings. The molecule has 0 amide bonds. The zero-order valence-corrected chi connectivity index (χ0v) is 14.8. The van der Waals surface area contributed by atoms with Crippen molar-refractivity contribution >= 4 is 5.78 Å². The molecule has 4 saturated carbocycles. The van der Waals surface area contributed by atoms with Crippen LogP contribution in [0.1, 0.15) is 65.7 Å². The molecule has 9 atom stereocenters. The quantitative estimate of drug-likeness (QED) is 0.721. The fourth-order valence-corrected chi connectivity index (χ4v) is 7.51. The molecule has 0 aromatic heterocycles. The third-order valence-corrected chi connectivity index (χ3v) is 8.69. The van der Waals surface area contributed by atoms with Crippen molar-refractivity contribution in [3.05, 3.63) is 0 Å². The van der Waals surface area contributed by atoms with E-state index in [-0.39, 0.29) is 29.0 Å². The van der Waals surface area contributed by atoms with E-state index >= 15 is 0 Å². The molecule has 0 bridgehead atoms. The second kappa shape index (κ2) is 5.05. The summed E-state index contributed by atoms with van der Waals surface area (Å²) >= 11 is 0. The zero-order chi connectivity index (χ0) is 16.6. The van der Waals surface area contributed by atoms with Crippen LogP contribution in [0.4, 0.5) is 0 Å². The van der Waals surface area contributed by atoms with Crippen LogP contribution in [0.15, 0.2) is 0 Å². The zero-order valence-electron chi connectivity index (χ0n) is 14.8. The normalized spacial score (nSPS) is 59.2. The van der Waals surface area contributed by atoms with Gasteiger partial charge in [0.05, 0.1) is 12.2 Å². The highest BCUT2D eigenvalue weighted by Gasteiger charge is 2.63. The fourth-order valence-electron chi connectivity index (χ4n) is 7.51. The number of rotatable bonds is 0. The number of aliphatic hydroxyl groups excluding tert-OH is 2. The van der Waals surface area contributed by atoms with Gasteiger partial charge in [0.25, 0.3) is 0 Å². The Kier molecular flexibility index (Phi) is 3.53. The smallest absolute Gasteiger partial charge is 0.136 e. The summed E-state index contributed by atoms with van der Waals surface area (Å²) in [7, 11) is 0. The molecule has 130 valence electrons. The van der Waals surface area contributed by atoms with Crippen LogP contribution >= 0.6 is 0 Å². The van der Waals surface area contributed by atoms with Crippen LogP contribution in [-0.2, 0) is 4.79 Å². The fraction of sp³-hybridized carbons (Fsp3) is 0.950. The molecule has 0 heterocycles. The van der Waals surface area contributed by atoms with Crippen LogP contribution in [0.3, 0.4) is 0 Å². The number of hydrogen-bond acceptors (Lipinski definition) is 3. The Bertz CT molecular complexity index is 517. The Morgan fingerprint density at radius 1 is 1.00 bits per heavy atom. The molecule has 0 radical (unpaired) electrons. The molecular formula is C20H32O3. The number of carbonyl (C=O) groups is 1. The molecule has 0 unspecified atom stereocenters. The van der Waals surface area contributed by atoms with E-state index in [0.717, 1.165) is 44.9 Å². The predicted molar refractivity (Wildman–Crippen MR) is 88.7 cm³/mol. The molecule has 0 saturated heterocycles. The first-order valence-corrected chi connectivity index (χ1v) is 9.66. The molecule has 0 aromatic rings. The lowest BCUT2D eigenvalue weighted by atomic mass is 9.43. The van der Waals surface area contributed by atoms with Crippen molar-refractivity contribution in [2.45, 2.75) is 77.9 Å². The molecule has 0 aromatic carbocycles. The molecule has 0 spiro atoms. The Hall–Kier alpha value is -0.410. The third kappa shape index (κ3) is 2.05. The maximum absolute atomic E-state index is 12.2. The van der Waals surface area contributed by atoms with Crippen LogP contribution in [0, 0.1) is 40.4 Å². The molecule has 4 rings (SSSR count). The summed E-state index contributed by atoms with van der Waals surface area (Å²) < 4.78 is 0. The summed E-state index contributed by atoms with van der Waals surface area (Å²) in [6.45, 7) is 6.64. The summed E-state index contributed by atoms with van der Waals surface area (Å²) in [5, 5.41) is 21.6. The van der Waals surface area contributed by atoms with Crippen LogP contribution in [0.5, 0.6) is 0 Å². The maximum Gasteiger partial charge on any atom is 0.136 e. The van der Waals surface area contributed by atoms with Gasteiger partial charge in [0.2, 0.25) is 0 Å². The van der Waals surface area contributed by atoms with Gasteiger partial charge >= 0.3 is 0 Å². The average Bonchev–Trinajstić information content (AvgIpc) is 2.76. The summed E-state index contributed by atoms with van der Waals surface area (Å²) in [6, 6.07) is 0. The van der Waals surface area contributed by atoms with Crippen LogP contribution in [-0.4, -0.2) is 28.2 Å². The minimum absolute atomic E-state index is 0.0973. The van der Waals surface area contributed by atoms with Gasteiger partial charge in [-0.25, -0.2) is 0 Å². The average molecular weight is 320 g/mol. The molecule has 0 aliphatic heterocycles. The van der Waals surface area contributed by atoms with Gasteiger partial charge in [-0.2, -0.15) is 0 Å². The van der Waals surface area contributed by atoms with Gasteiger partial charge in [-0.1, -0.05) is 20.8 Å². The summed E-state index contributed by atoms with van der Waals surface area (Å²) in [5.74, 6) is 2.43. The highest BCUT2D eigenvalue weighted by molar-refractivity contribution is 5.82. The van der Waals surface area contributed by atoms with Crippen molar-refractivity contribution in [3.63, 3.8) is 0 Å². The molecule has 4 aliphatic rings. The Morgan fingerprint density at radius 3 is 2.48 bits per heavy atom. The number of fused-ring (bicyclic) bond motifs is 5. The van der Waals surface area contributed by atoms with E-state index in [1.54, 1.807) is 0 Å². The third-order valence-electron chi connectivity index (χ3n) is 8.69. The van der Waals surface area contributed by atoms with Gasteiger partial charge in [-0.05, 0) is 73.0 Å². The summed E-state index contributed by atoms with van der Waals surface area (Å²) in [5.41, 5.74) is 0.00438. The monoisotopic (exact) mass is 320 g/mol. The van der Waals surface area contributed by atoms with Gasteiger partial charge in [0, 0.05) is 12.3 Å². The first-order valence-electron chi connectivity index (χ1n) is 9.66. The summed E-state index contributed by atoms with van der Waals surface area (Å²) in [6.07, 6.45) is 6.11. The molecule has 4 aliphatic carbocycles. The van der Waals surface area contributed by atoms with Gasteiger partial charge in [-0.15, -0.1) is 0 Å². The maximum atomic E-state index is 12.2. The van der Waals surface area contributed by atoms with Crippen molar-refractivity contribution in [3.8, 4) is 0 Å². The molecule has 23 heavy (non-hydrogen) atoms. The highest BCUT2D eigenvalue weighted by Crippen LogP contribution is 2.66. The Morgan fingerprint density at radius 2 is 1.74 bits per heavy atom. The minimum atomic E-state index is -0.317. The van der Waals surface area contributed by atoms with Crippen LogP contribution in [0.25, 0.3) is 0 Å². The van der Waals surface area contributed by atoms with E-state index in [1.807, 2.05) is 0 Å². The van der Waals surface area contributed by atoms with Crippen LogP contribution in [0.2, 0.25) is 0 Å². The van der Waals surface area contributed by atoms with Crippen molar-refractivity contribution in [1.82, 2.24) is 0 Å². The lowest BCUT2D eigenvalue weighted by molar-refractivity contribution is -0.182. The number of aliphatic hydroxyl groups is 2. The van der Waals surface area contributed by atoms with E-state index in [0.29, 0.717) is 29.5 Å². The second-order valence-corrected chi connectivity index (χ2v) is 9.72. The van der Waals surface area contributed by atoms with Crippen molar-refractivity contribution in [2.24, 2.45) is 40.4 Å². The first kappa shape index (κ1) is 16.1. The van der Waals surface area contributed by atoms with Gasteiger partial charge < -0.3 is 10.2 Å². The Labute approximate surface area is 139 Å². The molecular weight excluding hydrogens is 288 g/mol. The summed E-state index contributed by atoms with van der Waals surface area (Å²) in [4.78, 5) is 12.2. The van der Waals surface area contributed by atoms with E-state index in [9.17, 15) is 15.0 Å². The lowest BCUT2D eigenvalue weighted by Gasteiger charge is -2.62.